The van der Waals surface area contributed by atoms with Crippen molar-refractivity contribution in [3.63, 3.8) is 0 Å². The molecule has 0 aliphatic carbocycles. The van der Waals surface area contributed by atoms with E-state index in [4.69, 9.17) is 11.6 Å². The zero-order valence-corrected chi connectivity index (χ0v) is 13.0. The smallest absolute Gasteiger partial charge is 0.0703 e. The van der Waals surface area contributed by atoms with E-state index in [1.165, 1.54) is 16.6 Å². The van der Waals surface area contributed by atoms with Crippen molar-refractivity contribution in [1.29, 1.82) is 0 Å². The molecule has 1 atom stereocenters. The number of aryl methyl sites for hydroxylation is 2. The van der Waals surface area contributed by atoms with Gasteiger partial charge in [0.1, 0.15) is 0 Å². The molecule has 0 amide bonds. The van der Waals surface area contributed by atoms with Gasteiger partial charge in [0.15, 0.2) is 0 Å². The van der Waals surface area contributed by atoms with Crippen LogP contribution in [0.5, 0.6) is 0 Å². The summed E-state index contributed by atoms with van der Waals surface area (Å²) in [7, 11) is 2.01. The first-order chi connectivity index (χ1) is 8.89. The molecule has 2 rings (SSSR count). The monoisotopic (exact) mass is 278 g/mol. The van der Waals surface area contributed by atoms with Gasteiger partial charge >= 0.3 is 0 Å². The van der Waals surface area contributed by atoms with Gasteiger partial charge in [0, 0.05) is 17.8 Å². The SMILES string of the molecule is Cn1nc(CCCC(Cl)C(C)(C)C)c2ccccc21. The van der Waals surface area contributed by atoms with E-state index in [2.05, 4.69) is 50.1 Å². The highest BCUT2D eigenvalue weighted by molar-refractivity contribution is 6.21. The first-order valence-corrected chi connectivity index (χ1v) is 7.38. The van der Waals surface area contributed by atoms with Crippen LogP contribution in [0.1, 0.15) is 39.3 Å². The van der Waals surface area contributed by atoms with Crippen molar-refractivity contribution in [2.75, 3.05) is 0 Å². The van der Waals surface area contributed by atoms with E-state index in [9.17, 15) is 0 Å². The summed E-state index contributed by atoms with van der Waals surface area (Å²) in [5, 5.41) is 6.12. The number of hydrogen-bond acceptors (Lipinski definition) is 1. The molecule has 0 aliphatic rings. The van der Waals surface area contributed by atoms with E-state index < -0.39 is 0 Å². The highest BCUT2D eigenvalue weighted by Gasteiger charge is 2.21. The van der Waals surface area contributed by atoms with E-state index in [1.54, 1.807) is 0 Å². The van der Waals surface area contributed by atoms with Gasteiger partial charge < -0.3 is 0 Å². The second kappa shape index (κ2) is 5.54. The molecule has 0 bridgehead atoms. The molecule has 0 radical (unpaired) electrons. The third-order valence-corrected chi connectivity index (χ3v) is 4.52. The molecule has 1 heterocycles. The molecule has 2 nitrogen and oxygen atoms in total. The number of hydrogen-bond donors (Lipinski definition) is 0. The van der Waals surface area contributed by atoms with E-state index >= 15 is 0 Å². The quantitative estimate of drug-likeness (QED) is 0.750. The summed E-state index contributed by atoms with van der Waals surface area (Å²) in [4.78, 5) is 0. The number of para-hydroxylation sites is 1. The van der Waals surface area contributed by atoms with Crippen LogP contribution in [0.15, 0.2) is 24.3 Å². The Hall–Kier alpha value is -1.02. The normalized spacial score (nSPS) is 13.9. The summed E-state index contributed by atoms with van der Waals surface area (Å²) in [5.74, 6) is 0. The van der Waals surface area contributed by atoms with Crippen LogP contribution >= 0.6 is 11.6 Å². The van der Waals surface area contributed by atoms with Crippen molar-refractivity contribution in [1.82, 2.24) is 9.78 Å². The van der Waals surface area contributed by atoms with Crippen molar-refractivity contribution in [3.8, 4) is 0 Å². The van der Waals surface area contributed by atoms with Crippen LogP contribution in [-0.4, -0.2) is 15.2 Å². The number of nitrogens with zero attached hydrogens (tertiary/aromatic N) is 2. The maximum atomic E-state index is 6.42. The first-order valence-electron chi connectivity index (χ1n) is 6.94. The van der Waals surface area contributed by atoms with Gasteiger partial charge in [0.05, 0.1) is 11.2 Å². The number of aromatic nitrogens is 2. The summed E-state index contributed by atoms with van der Waals surface area (Å²) in [5.41, 5.74) is 2.57. The Kier molecular flexibility index (Phi) is 4.19. The van der Waals surface area contributed by atoms with Crippen molar-refractivity contribution in [3.05, 3.63) is 30.0 Å². The van der Waals surface area contributed by atoms with Gasteiger partial charge in [0.2, 0.25) is 0 Å². The average Bonchev–Trinajstić information content (AvgIpc) is 2.66. The fourth-order valence-electron chi connectivity index (χ4n) is 2.36. The lowest BCUT2D eigenvalue weighted by atomic mass is 9.88. The number of fused-ring (bicyclic) bond motifs is 1. The minimum Gasteiger partial charge on any atom is -0.268 e. The average molecular weight is 279 g/mol. The van der Waals surface area contributed by atoms with Crippen molar-refractivity contribution in [2.24, 2.45) is 12.5 Å². The van der Waals surface area contributed by atoms with Crippen molar-refractivity contribution in [2.45, 2.75) is 45.4 Å². The summed E-state index contributed by atoms with van der Waals surface area (Å²) < 4.78 is 1.96. The molecule has 1 unspecified atom stereocenters. The Labute approximate surface area is 120 Å². The molecule has 19 heavy (non-hydrogen) atoms. The fraction of sp³-hybridized carbons (Fsp3) is 0.562. The number of benzene rings is 1. The van der Waals surface area contributed by atoms with Crippen molar-refractivity contribution >= 4 is 22.5 Å². The van der Waals surface area contributed by atoms with Crippen LogP contribution in [0.25, 0.3) is 10.9 Å². The van der Waals surface area contributed by atoms with Crippen molar-refractivity contribution < 1.29 is 0 Å². The molecule has 0 spiro atoms. The second-order valence-corrected chi connectivity index (χ2v) is 6.84. The Morgan fingerprint density at radius 2 is 1.95 bits per heavy atom. The molecule has 104 valence electrons. The molecule has 0 N–H and O–H groups in total. The van der Waals surface area contributed by atoms with Gasteiger partial charge in [-0.25, -0.2) is 0 Å². The van der Waals surface area contributed by atoms with E-state index in [0.29, 0.717) is 0 Å². The molecule has 3 heteroatoms. The van der Waals surface area contributed by atoms with E-state index in [-0.39, 0.29) is 10.8 Å². The summed E-state index contributed by atoms with van der Waals surface area (Å²) in [6.07, 6.45) is 3.13. The Bertz CT molecular complexity index is 551. The maximum Gasteiger partial charge on any atom is 0.0703 e. The summed E-state index contributed by atoms with van der Waals surface area (Å²) in [6.45, 7) is 6.59. The number of halogens is 1. The maximum absolute atomic E-state index is 6.42. The molecule has 0 fully saturated rings. The molecular formula is C16H23ClN2. The Morgan fingerprint density at radius 3 is 2.63 bits per heavy atom. The van der Waals surface area contributed by atoms with Crippen LogP contribution in [-0.2, 0) is 13.5 Å². The lowest BCUT2D eigenvalue weighted by Crippen LogP contribution is -2.20. The van der Waals surface area contributed by atoms with Crippen LogP contribution in [0, 0.1) is 5.41 Å². The minimum absolute atomic E-state index is 0.174. The van der Waals surface area contributed by atoms with E-state index in [1.807, 2.05) is 11.7 Å². The van der Waals surface area contributed by atoms with Gasteiger partial charge in [-0.1, -0.05) is 39.0 Å². The molecule has 2 aromatic rings. The largest absolute Gasteiger partial charge is 0.268 e. The molecule has 1 aromatic heterocycles. The topological polar surface area (TPSA) is 17.8 Å². The standard InChI is InChI=1S/C16H23ClN2/c1-16(2,3)15(17)11-7-9-13-12-8-5-6-10-14(12)19(4)18-13/h5-6,8,10,15H,7,9,11H2,1-4H3. The molecule has 0 saturated heterocycles. The van der Waals surface area contributed by atoms with Gasteiger partial charge in [-0.15, -0.1) is 11.6 Å². The highest BCUT2D eigenvalue weighted by Crippen LogP contribution is 2.29. The third-order valence-electron chi connectivity index (χ3n) is 3.65. The zero-order chi connectivity index (χ0) is 14.0. The number of alkyl halides is 1. The summed E-state index contributed by atoms with van der Waals surface area (Å²) in [6, 6.07) is 8.40. The Morgan fingerprint density at radius 1 is 1.26 bits per heavy atom. The Balaban J connectivity index is 2.03. The molecular weight excluding hydrogens is 256 g/mol. The van der Waals surface area contributed by atoms with Gasteiger partial charge in [0.25, 0.3) is 0 Å². The zero-order valence-electron chi connectivity index (χ0n) is 12.3. The molecule has 0 saturated carbocycles. The third kappa shape index (κ3) is 3.30. The lowest BCUT2D eigenvalue weighted by Gasteiger charge is -2.24. The van der Waals surface area contributed by atoms with Gasteiger partial charge in [-0.05, 0) is 30.7 Å². The van der Waals surface area contributed by atoms with Crippen LogP contribution < -0.4 is 0 Å². The predicted molar refractivity (Wildman–Crippen MR) is 82.7 cm³/mol. The van der Waals surface area contributed by atoms with Gasteiger partial charge in [-0.2, -0.15) is 5.10 Å². The first kappa shape index (κ1) is 14.4. The van der Waals surface area contributed by atoms with E-state index in [0.717, 1.165) is 19.3 Å². The predicted octanol–water partition coefficient (Wildman–Crippen LogP) is 4.55. The number of rotatable bonds is 4. The van der Waals surface area contributed by atoms with Crippen LogP contribution in [0.4, 0.5) is 0 Å². The molecule has 1 aromatic carbocycles. The highest BCUT2D eigenvalue weighted by atomic mass is 35.5. The summed E-state index contributed by atoms with van der Waals surface area (Å²) >= 11 is 6.42. The molecule has 0 aliphatic heterocycles. The van der Waals surface area contributed by atoms with Crippen LogP contribution in [0.2, 0.25) is 0 Å². The van der Waals surface area contributed by atoms with Crippen LogP contribution in [0.3, 0.4) is 0 Å². The minimum atomic E-state index is 0.174. The van der Waals surface area contributed by atoms with Gasteiger partial charge in [-0.3, -0.25) is 4.68 Å². The fourth-order valence-corrected chi connectivity index (χ4v) is 2.51. The lowest BCUT2D eigenvalue weighted by molar-refractivity contribution is 0.368. The second-order valence-electron chi connectivity index (χ2n) is 6.31.